The van der Waals surface area contributed by atoms with Crippen LogP contribution in [-0.4, -0.2) is 29.4 Å². The molecule has 0 aromatic carbocycles. The van der Waals surface area contributed by atoms with Gasteiger partial charge in [-0.1, -0.05) is 20.3 Å². The van der Waals surface area contributed by atoms with Crippen molar-refractivity contribution in [2.45, 2.75) is 70.8 Å². The first-order valence-electron chi connectivity index (χ1n) is 7.53. The van der Waals surface area contributed by atoms with Gasteiger partial charge in [0.2, 0.25) is 5.91 Å². The maximum absolute atomic E-state index is 12.3. The predicted octanol–water partition coefficient (Wildman–Crippen LogP) is 2.69. The van der Waals surface area contributed by atoms with Gasteiger partial charge in [0, 0.05) is 25.0 Å². The molecule has 2 fully saturated rings. The number of hydrogen-bond acceptors (Lipinski definition) is 2. The van der Waals surface area contributed by atoms with Crippen molar-refractivity contribution in [1.82, 2.24) is 4.90 Å². The molecule has 2 N–H and O–H groups in total. The Morgan fingerprint density at radius 3 is 2.44 bits per heavy atom. The van der Waals surface area contributed by atoms with Crippen LogP contribution in [0.25, 0.3) is 0 Å². The number of carbonyl (C=O) groups is 1. The van der Waals surface area contributed by atoms with Crippen LogP contribution in [0.2, 0.25) is 0 Å². The molecular formula is C15H28N2O. The summed E-state index contributed by atoms with van der Waals surface area (Å²) in [7, 11) is 0. The third-order valence-corrected chi connectivity index (χ3v) is 5.25. The van der Waals surface area contributed by atoms with Gasteiger partial charge in [-0.3, -0.25) is 4.79 Å². The molecular weight excluding hydrogens is 224 g/mol. The summed E-state index contributed by atoms with van der Waals surface area (Å²) in [5.41, 5.74) is 6.45. The lowest BCUT2D eigenvalue weighted by Gasteiger charge is -2.39. The number of likely N-dealkylation sites (tertiary alicyclic amines) is 1. The van der Waals surface area contributed by atoms with Crippen molar-refractivity contribution in [3.05, 3.63) is 0 Å². The van der Waals surface area contributed by atoms with Crippen LogP contribution in [0.5, 0.6) is 0 Å². The minimum absolute atomic E-state index is 0.169. The van der Waals surface area contributed by atoms with Gasteiger partial charge in [0.15, 0.2) is 0 Å². The lowest BCUT2D eigenvalue weighted by atomic mass is 9.75. The van der Waals surface area contributed by atoms with E-state index in [1.165, 1.54) is 19.3 Å². The largest absolute Gasteiger partial charge is 0.343 e. The molecule has 1 amide bonds. The van der Waals surface area contributed by atoms with E-state index in [9.17, 15) is 4.79 Å². The summed E-state index contributed by atoms with van der Waals surface area (Å²) in [6, 6.07) is 0. The highest BCUT2D eigenvalue weighted by Crippen LogP contribution is 2.36. The number of amides is 1. The summed E-state index contributed by atoms with van der Waals surface area (Å²) in [6.45, 7) is 6.49. The zero-order valence-electron chi connectivity index (χ0n) is 12.0. The molecule has 1 saturated heterocycles. The smallest absolute Gasteiger partial charge is 0.224 e. The first kappa shape index (κ1) is 13.9. The molecule has 1 atom stereocenters. The van der Waals surface area contributed by atoms with E-state index in [2.05, 4.69) is 18.7 Å². The summed E-state index contributed by atoms with van der Waals surface area (Å²) in [6.07, 6.45) is 8.57. The second-order valence-electron chi connectivity index (χ2n) is 6.79. The molecule has 0 aromatic heterocycles. The quantitative estimate of drug-likeness (QED) is 0.839. The summed E-state index contributed by atoms with van der Waals surface area (Å²) in [5, 5.41) is 0. The van der Waals surface area contributed by atoms with Gasteiger partial charge in [-0.05, 0) is 43.9 Å². The molecule has 2 aliphatic rings. The van der Waals surface area contributed by atoms with E-state index >= 15 is 0 Å². The molecule has 104 valence electrons. The standard InChI is InChI=1S/C15H28N2O/c1-3-14(2)6-5-10-17(11-9-14)13(18)12-15(16)7-4-8-15/h3-12,16H2,1-2H3/t14-/m0/s1. The highest BCUT2D eigenvalue weighted by molar-refractivity contribution is 5.77. The monoisotopic (exact) mass is 252 g/mol. The fourth-order valence-corrected chi connectivity index (χ4v) is 3.16. The highest BCUT2D eigenvalue weighted by atomic mass is 16.2. The zero-order valence-corrected chi connectivity index (χ0v) is 12.0. The predicted molar refractivity (Wildman–Crippen MR) is 74.2 cm³/mol. The van der Waals surface area contributed by atoms with Crippen molar-refractivity contribution in [2.75, 3.05) is 13.1 Å². The summed E-state index contributed by atoms with van der Waals surface area (Å²) < 4.78 is 0. The minimum atomic E-state index is -0.169. The first-order chi connectivity index (χ1) is 8.46. The van der Waals surface area contributed by atoms with E-state index in [1.807, 2.05) is 0 Å². The Hall–Kier alpha value is -0.570. The minimum Gasteiger partial charge on any atom is -0.343 e. The normalized spacial score (nSPS) is 31.6. The van der Waals surface area contributed by atoms with Crippen molar-refractivity contribution in [1.29, 1.82) is 0 Å². The Bertz CT molecular complexity index is 312. The molecule has 0 bridgehead atoms. The van der Waals surface area contributed by atoms with Crippen molar-refractivity contribution in [3.8, 4) is 0 Å². The number of hydrogen-bond donors (Lipinski definition) is 1. The molecule has 0 radical (unpaired) electrons. The average molecular weight is 252 g/mol. The van der Waals surface area contributed by atoms with Crippen molar-refractivity contribution >= 4 is 5.91 Å². The third kappa shape index (κ3) is 3.05. The molecule has 0 aromatic rings. The van der Waals surface area contributed by atoms with Crippen LogP contribution < -0.4 is 5.73 Å². The molecule has 1 aliphatic heterocycles. The maximum atomic E-state index is 12.3. The molecule has 1 heterocycles. The van der Waals surface area contributed by atoms with Gasteiger partial charge in [-0.2, -0.15) is 0 Å². The molecule has 3 heteroatoms. The van der Waals surface area contributed by atoms with E-state index in [1.54, 1.807) is 0 Å². The number of rotatable bonds is 3. The first-order valence-corrected chi connectivity index (χ1v) is 7.53. The number of nitrogens with zero attached hydrogens (tertiary/aromatic N) is 1. The Kier molecular flexibility index (Phi) is 4.00. The van der Waals surface area contributed by atoms with Crippen LogP contribution in [0.1, 0.15) is 65.2 Å². The average Bonchev–Trinajstić information content (AvgIpc) is 2.50. The van der Waals surface area contributed by atoms with Crippen LogP contribution in [-0.2, 0) is 4.79 Å². The maximum Gasteiger partial charge on any atom is 0.224 e. The van der Waals surface area contributed by atoms with Crippen LogP contribution in [0, 0.1) is 5.41 Å². The fraction of sp³-hybridized carbons (Fsp3) is 0.933. The lowest BCUT2D eigenvalue weighted by Crippen LogP contribution is -2.50. The van der Waals surface area contributed by atoms with Crippen LogP contribution in [0.3, 0.4) is 0 Å². The Morgan fingerprint density at radius 1 is 1.17 bits per heavy atom. The van der Waals surface area contributed by atoms with Gasteiger partial charge in [0.1, 0.15) is 0 Å². The van der Waals surface area contributed by atoms with Gasteiger partial charge in [-0.25, -0.2) is 0 Å². The summed E-state index contributed by atoms with van der Waals surface area (Å²) in [4.78, 5) is 14.4. The SMILES string of the molecule is CC[C@@]1(C)CCCN(C(=O)CC2(N)CCC2)CC1. The van der Waals surface area contributed by atoms with E-state index < -0.39 is 0 Å². The van der Waals surface area contributed by atoms with Gasteiger partial charge in [0.25, 0.3) is 0 Å². The topological polar surface area (TPSA) is 46.3 Å². The Balaban J connectivity index is 1.87. The van der Waals surface area contributed by atoms with E-state index in [4.69, 9.17) is 5.73 Å². The van der Waals surface area contributed by atoms with Gasteiger partial charge >= 0.3 is 0 Å². The molecule has 1 saturated carbocycles. The molecule has 0 unspecified atom stereocenters. The molecule has 3 nitrogen and oxygen atoms in total. The third-order valence-electron chi connectivity index (χ3n) is 5.25. The van der Waals surface area contributed by atoms with Gasteiger partial charge in [0.05, 0.1) is 0 Å². The van der Waals surface area contributed by atoms with Gasteiger partial charge in [-0.15, -0.1) is 0 Å². The molecule has 18 heavy (non-hydrogen) atoms. The van der Waals surface area contributed by atoms with E-state index in [0.29, 0.717) is 11.8 Å². The fourth-order valence-electron chi connectivity index (χ4n) is 3.16. The second kappa shape index (κ2) is 5.20. The van der Waals surface area contributed by atoms with Crippen molar-refractivity contribution in [2.24, 2.45) is 11.1 Å². The van der Waals surface area contributed by atoms with Crippen molar-refractivity contribution < 1.29 is 4.79 Å². The Morgan fingerprint density at radius 2 is 1.89 bits per heavy atom. The number of nitrogens with two attached hydrogens (primary N) is 1. The van der Waals surface area contributed by atoms with Crippen LogP contribution >= 0.6 is 0 Å². The van der Waals surface area contributed by atoms with Crippen molar-refractivity contribution in [3.63, 3.8) is 0 Å². The highest BCUT2D eigenvalue weighted by Gasteiger charge is 2.36. The Labute approximate surface area is 111 Å². The summed E-state index contributed by atoms with van der Waals surface area (Å²) >= 11 is 0. The number of carbonyl (C=O) groups excluding carboxylic acids is 1. The second-order valence-corrected chi connectivity index (χ2v) is 6.79. The summed E-state index contributed by atoms with van der Waals surface area (Å²) in [5.74, 6) is 0.289. The zero-order chi connectivity index (χ0) is 13.2. The van der Waals surface area contributed by atoms with E-state index in [-0.39, 0.29) is 11.4 Å². The van der Waals surface area contributed by atoms with E-state index in [0.717, 1.165) is 38.8 Å². The lowest BCUT2D eigenvalue weighted by molar-refractivity contribution is -0.133. The van der Waals surface area contributed by atoms with Crippen LogP contribution in [0.4, 0.5) is 0 Å². The molecule has 1 aliphatic carbocycles. The molecule has 2 rings (SSSR count). The molecule has 0 spiro atoms. The van der Waals surface area contributed by atoms with Crippen LogP contribution in [0.15, 0.2) is 0 Å². The van der Waals surface area contributed by atoms with Gasteiger partial charge < -0.3 is 10.6 Å².